The van der Waals surface area contributed by atoms with Gasteiger partial charge in [0.15, 0.2) is 0 Å². The Labute approximate surface area is 136 Å². The largest absolute Gasteiger partial charge is 0.494 e. The highest BCUT2D eigenvalue weighted by Gasteiger charge is 2.01. The van der Waals surface area contributed by atoms with Gasteiger partial charge in [0.1, 0.15) is 11.6 Å². The Morgan fingerprint density at radius 2 is 1.04 bits per heavy atom. The Kier molecular flexibility index (Phi) is 4.72. The average molecular weight is 306 g/mol. The predicted molar refractivity (Wildman–Crippen MR) is 93.1 cm³/mol. The number of hydrogen-bond acceptors (Lipinski definition) is 1. The van der Waals surface area contributed by atoms with Gasteiger partial charge in [-0.3, -0.25) is 0 Å². The first-order chi connectivity index (χ1) is 11.3. The standard InChI is InChI=1S/C21H19FO/c1-2-15-23-21-13-9-19(10-14-21)17-5-3-16(4-6-17)18-7-11-20(22)12-8-18/h3-14H,2,15H2,1H3. The molecule has 3 rings (SSSR count). The maximum Gasteiger partial charge on any atom is 0.123 e. The Morgan fingerprint density at radius 1 is 0.652 bits per heavy atom. The summed E-state index contributed by atoms with van der Waals surface area (Å²) < 4.78 is 18.6. The van der Waals surface area contributed by atoms with Gasteiger partial charge in [-0.15, -0.1) is 0 Å². The van der Waals surface area contributed by atoms with Crippen molar-refractivity contribution in [1.82, 2.24) is 0 Å². The van der Waals surface area contributed by atoms with Crippen LogP contribution >= 0.6 is 0 Å². The summed E-state index contributed by atoms with van der Waals surface area (Å²) >= 11 is 0. The second-order valence-electron chi connectivity index (χ2n) is 5.46. The van der Waals surface area contributed by atoms with Crippen LogP contribution in [0.3, 0.4) is 0 Å². The summed E-state index contributed by atoms with van der Waals surface area (Å²) in [6, 6.07) is 23.0. The molecule has 2 heteroatoms. The predicted octanol–water partition coefficient (Wildman–Crippen LogP) is 5.95. The molecule has 0 fully saturated rings. The highest BCUT2D eigenvalue weighted by atomic mass is 19.1. The van der Waals surface area contributed by atoms with Crippen LogP contribution in [0.15, 0.2) is 72.8 Å². The zero-order valence-electron chi connectivity index (χ0n) is 13.1. The minimum absolute atomic E-state index is 0.212. The van der Waals surface area contributed by atoms with Crippen LogP contribution in [0.4, 0.5) is 4.39 Å². The molecule has 0 aliphatic rings. The highest BCUT2D eigenvalue weighted by Crippen LogP contribution is 2.26. The zero-order chi connectivity index (χ0) is 16.1. The molecule has 0 saturated carbocycles. The molecule has 0 unspecified atom stereocenters. The van der Waals surface area contributed by atoms with E-state index in [0.29, 0.717) is 0 Å². The molecule has 3 aromatic rings. The topological polar surface area (TPSA) is 9.23 Å². The van der Waals surface area contributed by atoms with E-state index in [1.165, 1.54) is 12.1 Å². The molecule has 0 aliphatic carbocycles. The van der Waals surface area contributed by atoms with Crippen molar-refractivity contribution in [3.8, 4) is 28.0 Å². The number of halogens is 1. The van der Waals surface area contributed by atoms with E-state index in [1.54, 1.807) is 12.1 Å². The summed E-state index contributed by atoms with van der Waals surface area (Å²) in [5.74, 6) is 0.689. The maximum atomic E-state index is 13.0. The van der Waals surface area contributed by atoms with Crippen molar-refractivity contribution in [1.29, 1.82) is 0 Å². The molecule has 0 amide bonds. The van der Waals surface area contributed by atoms with Crippen LogP contribution in [0.25, 0.3) is 22.3 Å². The lowest BCUT2D eigenvalue weighted by Gasteiger charge is -2.07. The molecule has 116 valence electrons. The quantitative estimate of drug-likeness (QED) is 0.566. The fourth-order valence-corrected chi connectivity index (χ4v) is 2.46. The summed E-state index contributed by atoms with van der Waals surface area (Å²) in [5.41, 5.74) is 4.40. The van der Waals surface area contributed by atoms with Gasteiger partial charge in [-0.25, -0.2) is 4.39 Å². The van der Waals surface area contributed by atoms with Crippen LogP contribution in [0.5, 0.6) is 5.75 Å². The third kappa shape index (κ3) is 3.78. The van der Waals surface area contributed by atoms with Crippen molar-refractivity contribution in [3.05, 3.63) is 78.6 Å². The maximum absolute atomic E-state index is 13.0. The first-order valence-electron chi connectivity index (χ1n) is 7.85. The summed E-state index contributed by atoms with van der Waals surface area (Å²) in [5, 5.41) is 0. The van der Waals surface area contributed by atoms with Gasteiger partial charge in [0.05, 0.1) is 6.61 Å². The number of rotatable bonds is 5. The fourth-order valence-electron chi connectivity index (χ4n) is 2.46. The van der Waals surface area contributed by atoms with E-state index < -0.39 is 0 Å². The summed E-state index contributed by atoms with van der Waals surface area (Å²) in [7, 11) is 0. The normalized spacial score (nSPS) is 10.5. The third-order valence-electron chi connectivity index (χ3n) is 3.72. The van der Waals surface area contributed by atoms with Gasteiger partial charge in [0.2, 0.25) is 0 Å². The van der Waals surface area contributed by atoms with Crippen LogP contribution in [0, 0.1) is 5.82 Å². The van der Waals surface area contributed by atoms with Crippen molar-refractivity contribution < 1.29 is 9.13 Å². The lowest BCUT2D eigenvalue weighted by atomic mass is 10.0. The average Bonchev–Trinajstić information content (AvgIpc) is 2.61. The van der Waals surface area contributed by atoms with Crippen molar-refractivity contribution in [2.45, 2.75) is 13.3 Å². The number of ether oxygens (including phenoxy) is 1. The molecule has 1 nitrogen and oxygen atoms in total. The molecule has 0 atom stereocenters. The van der Waals surface area contributed by atoms with Gasteiger partial charge in [-0.05, 0) is 52.9 Å². The van der Waals surface area contributed by atoms with Gasteiger partial charge in [-0.1, -0.05) is 55.5 Å². The van der Waals surface area contributed by atoms with E-state index in [4.69, 9.17) is 4.74 Å². The van der Waals surface area contributed by atoms with E-state index in [-0.39, 0.29) is 5.82 Å². The van der Waals surface area contributed by atoms with Crippen molar-refractivity contribution in [3.63, 3.8) is 0 Å². The number of hydrogen-bond donors (Lipinski definition) is 0. The summed E-state index contributed by atoms with van der Waals surface area (Å²) in [6.07, 6.45) is 1.01. The van der Waals surface area contributed by atoms with Crippen molar-refractivity contribution in [2.24, 2.45) is 0 Å². The zero-order valence-corrected chi connectivity index (χ0v) is 13.1. The smallest absolute Gasteiger partial charge is 0.123 e. The fraction of sp³-hybridized carbons (Fsp3) is 0.143. The molecule has 0 aliphatic heterocycles. The van der Waals surface area contributed by atoms with E-state index >= 15 is 0 Å². The molecule has 0 N–H and O–H groups in total. The van der Waals surface area contributed by atoms with E-state index in [0.717, 1.165) is 41.0 Å². The molecule has 0 saturated heterocycles. The Morgan fingerprint density at radius 3 is 1.48 bits per heavy atom. The molecule has 3 aromatic carbocycles. The van der Waals surface area contributed by atoms with Crippen LogP contribution in [-0.2, 0) is 0 Å². The second-order valence-corrected chi connectivity index (χ2v) is 5.46. The molecular weight excluding hydrogens is 287 g/mol. The van der Waals surface area contributed by atoms with E-state index in [9.17, 15) is 4.39 Å². The lowest BCUT2D eigenvalue weighted by molar-refractivity contribution is 0.317. The van der Waals surface area contributed by atoms with Crippen LogP contribution in [0.2, 0.25) is 0 Å². The van der Waals surface area contributed by atoms with Gasteiger partial charge < -0.3 is 4.74 Å². The Bertz CT molecular complexity index is 743. The molecule has 0 heterocycles. The summed E-state index contributed by atoms with van der Waals surface area (Å²) in [4.78, 5) is 0. The van der Waals surface area contributed by atoms with E-state index in [1.807, 2.05) is 12.1 Å². The van der Waals surface area contributed by atoms with E-state index in [2.05, 4.69) is 43.3 Å². The Hall–Kier alpha value is -2.61. The molecular formula is C21H19FO. The van der Waals surface area contributed by atoms with Crippen LogP contribution in [0.1, 0.15) is 13.3 Å². The van der Waals surface area contributed by atoms with Crippen LogP contribution in [-0.4, -0.2) is 6.61 Å². The van der Waals surface area contributed by atoms with Gasteiger partial charge in [-0.2, -0.15) is 0 Å². The molecule has 0 aromatic heterocycles. The van der Waals surface area contributed by atoms with Gasteiger partial charge >= 0.3 is 0 Å². The molecule has 23 heavy (non-hydrogen) atoms. The Balaban J connectivity index is 1.77. The SMILES string of the molecule is CCCOc1ccc(-c2ccc(-c3ccc(F)cc3)cc2)cc1. The van der Waals surface area contributed by atoms with Crippen molar-refractivity contribution in [2.75, 3.05) is 6.61 Å². The lowest BCUT2D eigenvalue weighted by Crippen LogP contribution is -1.94. The van der Waals surface area contributed by atoms with Crippen molar-refractivity contribution >= 4 is 0 Å². The molecule has 0 bridgehead atoms. The monoisotopic (exact) mass is 306 g/mol. The van der Waals surface area contributed by atoms with Gasteiger partial charge in [0, 0.05) is 0 Å². The first kappa shape index (κ1) is 15.3. The molecule has 0 spiro atoms. The minimum atomic E-state index is -0.212. The highest BCUT2D eigenvalue weighted by molar-refractivity contribution is 5.70. The number of benzene rings is 3. The van der Waals surface area contributed by atoms with Crippen LogP contribution < -0.4 is 4.74 Å². The first-order valence-corrected chi connectivity index (χ1v) is 7.85. The molecule has 0 radical (unpaired) electrons. The minimum Gasteiger partial charge on any atom is -0.494 e. The summed E-state index contributed by atoms with van der Waals surface area (Å²) in [6.45, 7) is 2.84. The third-order valence-corrected chi connectivity index (χ3v) is 3.72. The van der Waals surface area contributed by atoms with Gasteiger partial charge in [0.25, 0.3) is 0 Å². The second kappa shape index (κ2) is 7.10.